The van der Waals surface area contributed by atoms with E-state index in [1.54, 1.807) is 0 Å². The molecular weight excluding hydrogens is 282 g/mol. The summed E-state index contributed by atoms with van der Waals surface area (Å²) in [5, 5.41) is 0. The van der Waals surface area contributed by atoms with Crippen molar-refractivity contribution < 1.29 is 4.42 Å². The third-order valence-electron chi connectivity index (χ3n) is 3.73. The molecule has 0 aliphatic heterocycles. The molecule has 0 fully saturated rings. The van der Waals surface area contributed by atoms with Crippen LogP contribution in [0, 0.1) is 0 Å². The van der Waals surface area contributed by atoms with Gasteiger partial charge in [0.15, 0.2) is 5.58 Å². The summed E-state index contributed by atoms with van der Waals surface area (Å²) in [7, 11) is 0. The van der Waals surface area contributed by atoms with Crippen LogP contribution in [0.25, 0.3) is 34.4 Å². The van der Waals surface area contributed by atoms with E-state index in [0.29, 0.717) is 5.89 Å². The average Bonchev–Trinajstić information content (AvgIpc) is 3.04. The molecule has 0 aliphatic rings. The van der Waals surface area contributed by atoms with Crippen LogP contribution < -0.4 is 0 Å². The minimum Gasteiger partial charge on any atom is -0.437 e. The summed E-state index contributed by atoms with van der Waals surface area (Å²) in [6, 6.07) is 26.5. The molecule has 23 heavy (non-hydrogen) atoms. The number of hydrogen-bond donors (Lipinski definition) is 0. The van der Waals surface area contributed by atoms with Gasteiger partial charge in [-0.3, -0.25) is 0 Å². The molecule has 0 aliphatic carbocycles. The molecule has 3 aromatic carbocycles. The molecule has 0 N–H and O–H groups in total. The van der Waals surface area contributed by atoms with Crippen LogP contribution in [0.4, 0.5) is 0 Å². The van der Waals surface area contributed by atoms with E-state index < -0.39 is 0 Å². The average molecular weight is 297 g/mol. The Labute approximate surface area is 134 Å². The van der Waals surface area contributed by atoms with E-state index in [0.717, 1.165) is 22.2 Å². The first-order valence-corrected chi connectivity index (χ1v) is 7.58. The van der Waals surface area contributed by atoms with Crippen molar-refractivity contribution in [2.24, 2.45) is 0 Å². The van der Waals surface area contributed by atoms with Gasteiger partial charge in [0.25, 0.3) is 0 Å². The van der Waals surface area contributed by atoms with Crippen LogP contribution in [0.3, 0.4) is 0 Å². The Morgan fingerprint density at radius 3 is 2.22 bits per heavy atom. The SMILES string of the molecule is C(=Cc1nc2ccc(-c3ccccc3)cc2o1)c1ccccc1. The van der Waals surface area contributed by atoms with Crippen LogP contribution in [0.15, 0.2) is 83.3 Å². The lowest BCUT2D eigenvalue weighted by atomic mass is 10.1. The van der Waals surface area contributed by atoms with Gasteiger partial charge < -0.3 is 4.42 Å². The second kappa shape index (κ2) is 5.93. The van der Waals surface area contributed by atoms with Gasteiger partial charge in [-0.05, 0) is 34.9 Å². The first-order chi connectivity index (χ1) is 11.4. The molecule has 0 bridgehead atoms. The standard InChI is InChI=1S/C21H15NO/c1-3-7-16(8-4-1)11-14-21-22-19-13-12-18(15-20(19)23-21)17-9-5-2-6-10-17/h1-15H. The van der Waals surface area contributed by atoms with Gasteiger partial charge in [0.2, 0.25) is 5.89 Å². The van der Waals surface area contributed by atoms with Crippen LogP contribution in [-0.4, -0.2) is 4.98 Å². The maximum atomic E-state index is 5.85. The highest BCUT2D eigenvalue weighted by Gasteiger charge is 2.05. The highest BCUT2D eigenvalue weighted by Crippen LogP contribution is 2.25. The van der Waals surface area contributed by atoms with Crippen LogP contribution in [0.5, 0.6) is 0 Å². The normalized spacial score (nSPS) is 11.3. The second-order valence-corrected chi connectivity index (χ2v) is 5.34. The summed E-state index contributed by atoms with van der Waals surface area (Å²) in [5.74, 6) is 0.620. The molecule has 1 heterocycles. The molecule has 4 aromatic rings. The molecule has 2 heteroatoms. The second-order valence-electron chi connectivity index (χ2n) is 5.34. The van der Waals surface area contributed by atoms with Crippen molar-refractivity contribution in [1.29, 1.82) is 0 Å². The van der Waals surface area contributed by atoms with Gasteiger partial charge >= 0.3 is 0 Å². The van der Waals surface area contributed by atoms with Crippen molar-refractivity contribution in [2.45, 2.75) is 0 Å². The predicted molar refractivity (Wildman–Crippen MR) is 94.8 cm³/mol. The summed E-state index contributed by atoms with van der Waals surface area (Å²) in [6.45, 7) is 0. The van der Waals surface area contributed by atoms with E-state index in [1.807, 2.05) is 72.8 Å². The number of oxazole rings is 1. The Bertz CT molecular complexity index is 953. The number of rotatable bonds is 3. The zero-order valence-corrected chi connectivity index (χ0v) is 12.5. The van der Waals surface area contributed by atoms with Gasteiger partial charge in [0, 0.05) is 6.08 Å². The fourth-order valence-electron chi connectivity index (χ4n) is 2.56. The zero-order valence-electron chi connectivity index (χ0n) is 12.5. The Morgan fingerprint density at radius 2 is 1.43 bits per heavy atom. The van der Waals surface area contributed by atoms with E-state index in [9.17, 15) is 0 Å². The van der Waals surface area contributed by atoms with Crippen LogP contribution in [0.1, 0.15) is 11.5 Å². The number of nitrogens with zero attached hydrogens (tertiary/aromatic N) is 1. The lowest BCUT2D eigenvalue weighted by molar-refractivity contribution is 0.590. The van der Waals surface area contributed by atoms with Crippen molar-refractivity contribution in [1.82, 2.24) is 4.98 Å². The van der Waals surface area contributed by atoms with E-state index in [4.69, 9.17) is 4.42 Å². The third-order valence-corrected chi connectivity index (χ3v) is 3.73. The topological polar surface area (TPSA) is 26.0 Å². The summed E-state index contributed by atoms with van der Waals surface area (Å²) < 4.78 is 5.85. The molecule has 0 spiro atoms. The molecule has 0 atom stereocenters. The summed E-state index contributed by atoms with van der Waals surface area (Å²) >= 11 is 0. The van der Waals surface area contributed by atoms with E-state index >= 15 is 0 Å². The highest BCUT2D eigenvalue weighted by molar-refractivity contribution is 5.81. The van der Waals surface area contributed by atoms with Gasteiger partial charge in [0.05, 0.1) is 0 Å². The molecule has 4 rings (SSSR count). The maximum absolute atomic E-state index is 5.85. The Balaban J connectivity index is 1.67. The quantitative estimate of drug-likeness (QED) is 0.487. The van der Waals surface area contributed by atoms with Crippen molar-refractivity contribution in [3.05, 3.63) is 90.3 Å². The molecular formula is C21H15NO. The Hall–Kier alpha value is -3.13. The van der Waals surface area contributed by atoms with Gasteiger partial charge in [-0.1, -0.05) is 66.7 Å². The summed E-state index contributed by atoms with van der Waals surface area (Å²) in [4.78, 5) is 4.51. The fourth-order valence-corrected chi connectivity index (χ4v) is 2.56. The van der Waals surface area contributed by atoms with Crippen molar-refractivity contribution >= 4 is 23.3 Å². The van der Waals surface area contributed by atoms with E-state index in [1.165, 1.54) is 5.56 Å². The minimum absolute atomic E-state index is 0.620. The molecule has 1 aromatic heterocycles. The monoisotopic (exact) mass is 297 g/mol. The van der Waals surface area contributed by atoms with Gasteiger partial charge in [-0.25, -0.2) is 4.98 Å². The van der Waals surface area contributed by atoms with Crippen molar-refractivity contribution in [2.75, 3.05) is 0 Å². The Kier molecular flexibility index (Phi) is 3.49. The largest absolute Gasteiger partial charge is 0.437 e. The number of hydrogen-bond acceptors (Lipinski definition) is 2. The number of fused-ring (bicyclic) bond motifs is 1. The minimum atomic E-state index is 0.620. The van der Waals surface area contributed by atoms with Gasteiger partial charge in [-0.15, -0.1) is 0 Å². The number of aromatic nitrogens is 1. The van der Waals surface area contributed by atoms with Gasteiger partial charge in [0.1, 0.15) is 5.52 Å². The smallest absolute Gasteiger partial charge is 0.220 e. The number of benzene rings is 3. The van der Waals surface area contributed by atoms with Crippen LogP contribution >= 0.6 is 0 Å². The molecule has 0 saturated heterocycles. The first-order valence-electron chi connectivity index (χ1n) is 7.58. The predicted octanol–water partition coefficient (Wildman–Crippen LogP) is 5.67. The Morgan fingerprint density at radius 1 is 0.696 bits per heavy atom. The highest BCUT2D eigenvalue weighted by atomic mass is 16.3. The van der Waals surface area contributed by atoms with Crippen LogP contribution in [0.2, 0.25) is 0 Å². The molecule has 0 radical (unpaired) electrons. The first kappa shape index (κ1) is 13.5. The third kappa shape index (κ3) is 2.92. The van der Waals surface area contributed by atoms with Crippen molar-refractivity contribution in [3.63, 3.8) is 0 Å². The molecule has 2 nitrogen and oxygen atoms in total. The summed E-state index contributed by atoms with van der Waals surface area (Å²) in [5.41, 5.74) is 5.11. The van der Waals surface area contributed by atoms with E-state index in [-0.39, 0.29) is 0 Å². The lowest BCUT2D eigenvalue weighted by Crippen LogP contribution is -1.76. The maximum Gasteiger partial charge on any atom is 0.220 e. The molecule has 0 amide bonds. The van der Waals surface area contributed by atoms with Crippen LogP contribution in [-0.2, 0) is 0 Å². The van der Waals surface area contributed by atoms with E-state index in [2.05, 4.69) is 23.2 Å². The van der Waals surface area contributed by atoms with Gasteiger partial charge in [-0.2, -0.15) is 0 Å². The molecule has 0 unspecified atom stereocenters. The van der Waals surface area contributed by atoms with Crippen molar-refractivity contribution in [3.8, 4) is 11.1 Å². The molecule has 110 valence electrons. The molecule has 0 saturated carbocycles. The zero-order chi connectivity index (χ0) is 15.5. The fraction of sp³-hybridized carbons (Fsp3) is 0. The summed E-state index contributed by atoms with van der Waals surface area (Å²) in [6.07, 6.45) is 3.90. The lowest BCUT2D eigenvalue weighted by Gasteiger charge is -1.99.